The summed E-state index contributed by atoms with van der Waals surface area (Å²) in [6, 6.07) is -1.54. The third-order valence-corrected chi connectivity index (χ3v) is 12.1. The first kappa shape index (κ1) is 57.5. The number of carboxylic acids is 1. The van der Waals surface area contributed by atoms with Gasteiger partial charge in [-0.05, 0) is 12.8 Å². The van der Waals surface area contributed by atoms with Crippen LogP contribution in [0.25, 0.3) is 0 Å². The third-order valence-electron chi connectivity index (χ3n) is 11.1. The molecule has 0 fully saturated rings. The van der Waals surface area contributed by atoms with Crippen LogP contribution in [0.4, 0.5) is 0 Å². The summed E-state index contributed by atoms with van der Waals surface area (Å²) in [7, 11) is -4.75. The van der Waals surface area contributed by atoms with Crippen LogP contribution in [0.15, 0.2) is 0 Å². The normalized spacial score (nSPS) is 13.6. The molecule has 0 aromatic rings. The molecule has 12 heteroatoms. The highest BCUT2D eigenvalue weighted by Crippen LogP contribution is 2.43. The van der Waals surface area contributed by atoms with Crippen LogP contribution in [0.3, 0.4) is 0 Å². The summed E-state index contributed by atoms with van der Waals surface area (Å²) in [6.07, 6.45) is 42.7. The van der Waals surface area contributed by atoms with Crippen molar-refractivity contribution in [2.75, 3.05) is 19.8 Å². The third kappa shape index (κ3) is 42.9. The molecule has 3 unspecified atom stereocenters. The number of carbonyl (C=O) groups excluding carboxylic acids is 2. The Bertz CT molecular complexity index is 1020. The highest BCUT2D eigenvalue weighted by molar-refractivity contribution is 7.47. The van der Waals surface area contributed by atoms with Crippen molar-refractivity contribution in [3.05, 3.63) is 0 Å². The number of esters is 1. The van der Waals surface area contributed by atoms with E-state index in [0.717, 1.165) is 38.5 Å². The van der Waals surface area contributed by atoms with Gasteiger partial charge in [0, 0.05) is 12.8 Å². The van der Waals surface area contributed by atoms with E-state index in [-0.39, 0.29) is 12.8 Å². The zero-order valence-electron chi connectivity index (χ0n) is 38.1. The standard InChI is InChI=1S/C47H92NO10P/c1-3-5-7-9-11-13-15-17-19-20-21-22-23-25-27-29-31-33-35-37-39-46(51)56-40-43(49)41-57-59(54,55)58-42-44(47(52)53)48-45(50)38-36-34-32-30-28-26-24-18-16-14-12-10-8-6-4-2/h43-44,49H,3-42H2,1-2H3,(H,48,50)(H,52,53)(H,54,55). The van der Waals surface area contributed by atoms with Gasteiger partial charge in [0.05, 0.1) is 13.2 Å². The quantitative estimate of drug-likeness (QED) is 0.0262. The van der Waals surface area contributed by atoms with Gasteiger partial charge in [-0.15, -0.1) is 0 Å². The molecule has 0 aliphatic heterocycles. The Labute approximate surface area is 361 Å². The summed E-state index contributed by atoms with van der Waals surface area (Å²) < 4.78 is 26.9. The molecule has 0 saturated heterocycles. The summed E-state index contributed by atoms with van der Waals surface area (Å²) >= 11 is 0. The first-order chi connectivity index (χ1) is 28.6. The lowest BCUT2D eigenvalue weighted by molar-refractivity contribution is -0.147. The predicted octanol–water partition coefficient (Wildman–Crippen LogP) is 13.1. The maximum Gasteiger partial charge on any atom is 0.472 e. The number of unbranched alkanes of at least 4 members (excludes halogenated alkanes) is 33. The first-order valence-electron chi connectivity index (χ1n) is 24.6. The average Bonchev–Trinajstić information content (AvgIpc) is 3.21. The summed E-state index contributed by atoms with van der Waals surface area (Å²) in [4.78, 5) is 46.0. The molecule has 11 nitrogen and oxygen atoms in total. The minimum absolute atomic E-state index is 0.153. The largest absolute Gasteiger partial charge is 0.480 e. The van der Waals surface area contributed by atoms with Crippen molar-refractivity contribution < 1.29 is 47.8 Å². The molecule has 350 valence electrons. The molecule has 4 N–H and O–H groups in total. The van der Waals surface area contributed by atoms with Gasteiger partial charge >= 0.3 is 19.8 Å². The number of amides is 1. The van der Waals surface area contributed by atoms with Crippen LogP contribution < -0.4 is 5.32 Å². The maximum absolute atomic E-state index is 12.3. The highest BCUT2D eigenvalue weighted by atomic mass is 31.2. The fraction of sp³-hybridized carbons (Fsp3) is 0.936. The van der Waals surface area contributed by atoms with Gasteiger partial charge in [-0.2, -0.15) is 0 Å². The van der Waals surface area contributed by atoms with E-state index in [1.54, 1.807) is 0 Å². The SMILES string of the molecule is CCCCCCCCCCCCCCCCCCCCCCC(=O)OCC(O)COP(=O)(O)OCC(NC(=O)CCCCCCCCCCCCCCCCC)C(=O)O. The Kier molecular flexibility index (Phi) is 42.0. The number of carbonyl (C=O) groups is 3. The Hall–Kier alpha value is -1.52. The van der Waals surface area contributed by atoms with Crippen LogP contribution in [0.5, 0.6) is 0 Å². The fourth-order valence-corrected chi connectivity index (χ4v) is 8.09. The maximum atomic E-state index is 12.3. The van der Waals surface area contributed by atoms with E-state index in [1.165, 1.54) is 173 Å². The number of aliphatic carboxylic acids is 1. The fourth-order valence-electron chi connectivity index (χ4n) is 7.32. The van der Waals surface area contributed by atoms with Gasteiger partial charge in [0.15, 0.2) is 6.04 Å². The molecule has 0 spiro atoms. The molecule has 0 rings (SSSR count). The molecule has 0 bridgehead atoms. The van der Waals surface area contributed by atoms with Crippen molar-refractivity contribution in [3.63, 3.8) is 0 Å². The second kappa shape index (κ2) is 43.1. The number of aliphatic hydroxyl groups excluding tert-OH is 1. The molecule has 1 amide bonds. The van der Waals surface area contributed by atoms with Crippen molar-refractivity contribution in [1.82, 2.24) is 5.32 Å². The number of carboxylic acid groups (broad SMARTS) is 1. The minimum Gasteiger partial charge on any atom is -0.480 e. The van der Waals surface area contributed by atoms with Gasteiger partial charge in [0.25, 0.3) is 0 Å². The number of ether oxygens (including phenoxy) is 1. The van der Waals surface area contributed by atoms with Crippen LogP contribution >= 0.6 is 7.82 Å². The van der Waals surface area contributed by atoms with Gasteiger partial charge in [-0.3, -0.25) is 18.6 Å². The lowest BCUT2D eigenvalue weighted by atomic mass is 10.0. The lowest BCUT2D eigenvalue weighted by Gasteiger charge is -2.18. The van der Waals surface area contributed by atoms with Crippen molar-refractivity contribution in [2.45, 2.75) is 264 Å². The van der Waals surface area contributed by atoms with Gasteiger partial charge in [-0.1, -0.05) is 226 Å². The van der Waals surface area contributed by atoms with E-state index in [4.69, 9.17) is 13.8 Å². The van der Waals surface area contributed by atoms with Gasteiger partial charge in [-0.25, -0.2) is 9.36 Å². The van der Waals surface area contributed by atoms with Crippen molar-refractivity contribution in [3.8, 4) is 0 Å². The number of nitrogens with one attached hydrogen (secondary N) is 1. The molecule has 0 aromatic heterocycles. The molecule has 0 heterocycles. The highest BCUT2D eigenvalue weighted by Gasteiger charge is 2.28. The zero-order valence-corrected chi connectivity index (χ0v) is 39.0. The second-order valence-corrected chi connectivity index (χ2v) is 18.5. The molecule has 0 saturated carbocycles. The zero-order chi connectivity index (χ0) is 43.5. The smallest absolute Gasteiger partial charge is 0.472 e. The number of aliphatic hydroxyl groups is 1. The van der Waals surface area contributed by atoms with Crippen molar-refractivity contribution in [2.24, 2.45) is 0 Å². The Morgan fingerprint density at radius 1 is 0.475 bits per heavy atom. The van der Waals surface area contributed by atoms with E-state index in [1.807, 2.05) is 0 Å². The van der Waals surface area contributed by atoms with E-state index in [0.29, 0.717) is 12.8 Å². The number of phosphoric ester groups is 1. The first-order valence-corrected chi connectivity index (χ1v) is 26.1. The van der Waals surface area contributed by atoms with Crippen molar-refractivity contribution >= 4 is 25.7 Å². The number of phosphoric acid groups is 1. The summed E-state index contributed by atoms with van der Waals surface area (Å²) in [5.41, 5.74) is 0. The van der Waals surface area contributed by atoms with E-state index in [2.05, 4.69) is 19.2 Å². The summed E-state index contributed by atoms with van der Waals surface area (Å²) in [5.74, 6) is -2.35. The Balaban J connectivity index is 3.79. The molecule has 59 heavy (non-hydrogen) atoms. The van der Waals surface area contributed by atoms with Crippen molar-refractivity contribution in [1.29, 1.82) is 0 Å². The molecule has 0 radical (unpaired) electrons. The molecule has 0 aliphatic rings. The minimum atomic E-state index is -4.75. The topological polar surface area (TPSA) is 169 Å². The van der Waals surface area contributed by atoms with E-state index in [9.17, 15) is 34.1 Å². The number of hydrogen-bond acceptors (Lipinski definition) is 8. The molecule has 0 aromatic carbocycles. The van der Waals surface area contributed by atoms with E-state index < -0.39 is 57.6 Å². The van der Waals surface area contributed by atoms with Crippen LogP contribution in [-0.2, 0) is 32.7 Å². The van der Waals surface area contributed by atoms with Gasteiger partial charge in [0.1, 0.15) is 12.7 Å². The van der Waals surface area contributed by atoms with Crippen LogP contribution in [0.2, 0.25) is 0 Å². The van der Waals surface area contributed by atoms with Gasteiger partial charge in [0.2, 0.25) is 5.91 Å². The second-order valence-electron chi connectivity index (χ2n) is 17.0. The Morgan fingerprint density at radius 2 is 0.780 bits per heavy atom. The average molecular weight is 862 g/mol. The van der Waals surface area contributed by atoms with Crippen LogP contribution in [-0.4, -0.2) is 64.9 Å². The predicted molar refractivity (Wildman–Crippen MR) is 240 cm³/mol. The van der Waals surface area contributed by atoms with Gasteiger partial charge < -0.3 is 25.2 Å². The van der Waals surface area contributed by atoms with Crippen LogP contribution in [0.1, 0.15) is 251 Å². The monoisotopic (exact) mass is 862 g/mol. The van der Waals surface area contributed by atoms with E-state index >= 15 is 0 Å². The van der Waals surface area contributed by atoms with Crippen LogP contribution in [0, 0.1) is 0 Å². The number of hydrogen-bond donors (Lipinski definition) is 4. The molecular formula is C47H92NO10P. The lowest BCUT2D eigenvalue weighted by Crippen LogP contribution is -2.43. The Morgan fingerprint density at radius 3 is 1.12 bits per heavy atom. The molecular weight excluding hydrogens is 769 g/mol. The summed E-state index contributed by atoms with van der Waals surface area (Å²) in [5, 5.41) is 21.9. The molecule has 3 atom stereocenters. The molecule has 0 aliphatic carbocycles. The summed E-state index contributed by atoms with van der Waals surface area (Å²) in [6.45, 7) is 2.64. The number of rotatable bonds is 47.